The first-order valence-electron chi connectivity index (χ1n) is 8.46. The number of hydrogen-bond donors (Lipinski definition) is 0. The topological polar surface area (TPSA) is 0 Å². The van der Waals surface area contributed by atoms with Crippen LogP contribution in [0.5, 0.6) is 0 Å². The molecule has 0 nitrogen and oxygen atoms in total. The smallest absolute Gasteiger partial charge is 0.0288 e. The molecule has 1 aliphatic carbocycles. The Morgan fingerprint density at radius 2 is 1.30 bits per heavy atom. The van der Waals surface area contributed by atoms with Gasteiger partial charge in [0, 0.05) is 0 Å². The highest BCUT2D eigenvalue weighted by molar-refractivity contribution is 5.07. The van der Waals surface area contributed by atoms with Crippen LogP contribution in [-0.2, 0) is 0 Å². The fourth-order valence-corrected chi connectivity index (χ4v) is 2.89. The molecule has 0 aromatic rings. The molecule has 0 bridgehead atoms. The summed E-state index contributed by atoms with van der Waals surface area (Å²) in [6.07, 6.45) is 16.2. The van der Waals surface area contributed by atoms with Crippen LogP contribution in [0.2, 0.25) is 0 Å². The predicted octanol–water partition coefficient (Wildman–Crippen LogP) is 6.84. The van der Waals surface area contributed by atoms with Gasteiger partial charge in [-0.1, -0.05) is 48.8 Å². The first-order valence-corrected chi connectivity index (χ1v) is 8.46. The van der Waals surface area contributed by atoms with Gasteiger partial charge in [-0.2, -0.15) is 0 Å². The Morgan fingerprint density at radius 3 is 1.85 bits per heavy atom. The monoisotopic (exact) mass is 274 g/mol. The SMILES string of the molecule is C/C1=C/CC/C(C)=C/C[C@@H](C(C)C)CC/C(C)=C/CC1. The van der Waals surface area contributed by atoms with Gasteiger partial charge in [-0.05, 0) is 77.6 Å². The first-order chi connectivity index (χ1) is 9.49. The summed E-state index contributed by atoms with van der Waals surface area (Å²) >= 11 is 0. The van der Waals surface area contributed by atoms with Crippen LogP contribution in [0.15, 0.2) is 34.9 Å². The van der Waals surface area contributed by atoms with E-state index < -0.39 is 0 Å². The fourth-order valence-electron chi connectivity index (χ4n) is 2.89. The average Bonchev–Trinajstić information content (AvgIpc) is 2.37. The minimum absolute atomic E-state index is 0.793. The Hall–Kier alpha value is -0.780. The summed E-state index contributed by atoms with van der Waals surface area (Å²) < 4.78 is 0. The zero-order valence-corrected chi connectivity index (χ0v) is 14.3. The Kier molecular flexibility index (Phi) is 7.95. The van der Waals surface area contributed by atoms with Crippen LogP contribution in [0.4, 0.5) is 0 Å². The molecule has 0 radical (unpaired) electrons. The molecular weight excluding hydrogens is 240 g/mol. The molecule has 0 saturated heterocycles. The second-order valence-electron chi connectivity index (χ2n) is 7.01. The fraction of sp³-hybridized carbons (Fsp3) is 0.700. The van der Waals surface area contributed by atoms with Crippen molar-refractivity contribution in [3.8, 4) is 0 Å². The Balaban J connectivity index is 2.75. The molecule has 0 N–H and O–H groups in total. The summed E-state index contributed by atoms with van der Waals surface area (Å²) in [5.74, 6) is 1.63. The van der Waals surface area contributed by atoms with Crippen molar-refractivity contribution in [3.05, 3.63) is 34.9 Å². The Bertz CT molecular complexity index is 365. The Morgan fingerprint density at radius 1 is 0.800 bits per heavy atom. The van der Waals surface area contributed by atoms with Crippen molar-refractivity contribution in [2.45, 2.75) is 79.6 Å². The maximum Gasteiger partial charge on any atom is -0.0288 e. The van der Waals surface area contributed by atoms with E-state index in [9.17, 15) is 0 Å². The lowest BCUT2D eigenvalue weighted by Crippen LogP contribution is -2.08. The molecule has 0 heterocycles. The summed E-state index contributed by atoms with van der Waals surface area (Å²) in [4.78, 5) is 0. The third-order valence-electron chi connectivity index (χ3n) is 4.68. The normalized spacial score (nSPS) is 31.5. The molecule has 1 rings (SSSR count). The van der Waals surface area contributed by atoms with E-state index in [-0.39, 0.29) is 0 Å². The van der Waals surface area contributed by atoms with Crippen LogP contribution in [0, 0.1) is 11.8 Å². The van der Waals surface area contributed by atoms with Crippen LogP contribution in [-0.4, -0.2) is 0 Å². The van der Waals surface area contributed by atoms with Gasteiger partial charge >= 0.3 is 0 Å². The molecule has 114 valence electrons. The van der Waals surface area contributed by atoms with Crippen LogP contribution < -0.4 is 0 Å². The van der Waals surface area contributed by atoms with Crippen molar-refractivity contribution in [2.75, 3.05) is 0 Å². The van der Waals surface area contributed by atoms with Crippen molar-refractivity contribution in [3.63, 3.8) is 0 Å². The van der Waals surface area contributed by atoms with Gasteiger partial charge in [-0.25, -0.2) is 0 Å². The van der Waals surface area contributed by atoms with Crippen molar-refractivity contribution >= 4 is 0 Å². The molecule has 0 fully saturated rings. The summed E-state index contributed by atoms with van der Waals surface area (Å²) in [6.45, 7) is 11.6. The zero-order valence-electron chi connectivity index (χ0n) is 14.3. The van der Waals surface area contributed by atoms with E-state index >= 15 is 0 Å². The standard InChI is InChI=1S/C20H34/c1-16(2)20-14-12-18(4)10-6-8-17(3)9-7-11-19(5)13-15-20/h8,11-12,16,20H,6-7,9-10,13-15H2,1-5H3/b17-8-,18-12+,19-11+/t20-/m1/s1. The van der Waals surface area contributed by atoms with E-state index in [2.05, 4.69) is 52.8 Å². The lowest BCUT2D eigenvalue weighted by molar-refractivity contribution is 0.362. The first kappa shape index (κ1) is 17.3. The summed E-state index contributed by atoms with van der Waals surface area (Å²) in [5, 5.41) is 0. The summed E-state index contributed by atoms with van der Waals surface area (Å²) in [6, 6.07) is 0. The third-order valence-corrected chi connectivity index (χ3v) is 4.68. The van der Waals surface area contributed by atoms with Gasteiger partial charge in [0.15, 0.2) is 0 Å². The maximum atomic E-state index is 2.50. The van der Waals surface area contributed by atoms with Gasteiger partial charge in [0.2, 0.25) is 0 Å². The number of allylic oxidation sites excluding steroid dienone is 6. The van der Waals surface area contributed by atoms with E-state index in [1.165, 1.54) is 44.9 Å². The van der Waals surface area contributed by atoms with Crippen molar-refractivity contribution in [2.24, 2.45) is 11.8 Å². The largest absolute Gasteiger partial charge is 0.0853 e. The van der Waals surface area contributed by atoms with Crippen LogP contribution >= 0.6 is 0 Å². The van der Waals surface area contributed by atoms with Crippen molar-refractivity contribution in [1.82, 2.24) is 0 Å². The zero-order chi connectivity index (χ0) is 15.0. The molecule has 1 atom stereocenters. The van der Waals surface area contributed by atoms with Crippen LogP contribution in [0.3, 0.4) is 0 Å². The second-order valence-corrected chi connectivity index (χ2v) is 7.01. The van der Waals surface area contributed by atoms with E-state index in [4.69, 9.17) is 0 Å². The predicted molar refractivity (Wildman–Crippen MR) is 91.9 cm³/mol. The molecular formula is C20H34. The highest BCUT2D eigenvalue weighted by Gasteiger charge is 2.12. The van der Waals surface area contributed by atoms with Gasteiger partial charge in [0.05, 0.1) is 0 Å². The maximum absolute atomic E-state index is 2.50. The van der Waals surface area contributed by atoms with Gasteiger partial charge < -0.3 is 0 Å². The molecule has 0 aliphatic heterocycles. The van der Waals surface area contributed by atoms with E-state index in [0.29, 0.717) is 0 Å². The summed E-state index contributed by atoms with van der Waals surface area (Å²) in [7, 11) is 0. The highest BCUT2D eigenvalue weighted by Crippen LogP contribution is 2.25. The number of hydrogen-bond acceptors (Lipinski definition) is 0. The van der Waals surface area contributed by atoms with E-state index in [0.717, 1.165) is 11.8 Å². The van der Waals surface area contributed by atoms with Gasteiger partial charge in [0.25, 0.3) is 0 Å². The minimum atomic E-state index is 0.793. The second kappa shape index (κ2) is 9.21. The summed E-state index contributed by atoms with van der Waals surface area (Å²) in [5.41, 5.74) is 4.71. The molecule has 0 unspecified atom stereocenters. The number of rotatable bonds is 1. The molecule has 20 heavy (non-hydrogen) atoms. The molecule has 0 aromatic heterocycles. The lowest BCUT2D eigenvalue weighted by atomic mass is 9.86. The highest BCUT2D eigenvalue weighted by atomic mass is 14.2. The van der Waals surface area contributed by atoms with E-state index in [1.807, 2.05) is 0 Å². The lowest BCUT2D eigenvalue weighted by Gasteiger charge is -2.20. The van der Waals surface area contributed by atoms with Crippen LogP contribution in [0.1, 0.15) is 79.6 Å². The van der Waals surface area contributed by atoms with E-state index in [1.54, 1.807) is 16.7 Å². The quantitative estimate of drug-likeness (QED) is 0.459. The average molecular weight is 274 g/mol. The molecule has 0 heteroatoms. The molecule has 1 aliphatic rings. The minimum Gasteiger partial charge on any atom is -0.0853 e. The molecule has 0 saturated carbocycles. The van der Waals surface area contributed by atoms with Crippen LogP contribution in [0.25, 0.3) is 0 Å². The molecule has 0 aromatic carbocycles. The van der Waals surface area contributed by atoms with Gasteiger partial charge in [0.1, 0.15) is 0 Å². The molecule has 0 amide bonds. The van der Waals surface area contributed by atoms with Gasteiger partial charge in [-0.3, -0.25) is 0 Å². The van der Waals surface area contributed by atoms with Crippen molar-refractivity contribution in [1.29, 1.82) is 0 Å². The van der Waals surface area contributed by atoms with Crippen molar-refractivity contribution < 1.29 is 0 Å². The molecule has 0 spiro atoms. The van der Waals surface area contributed by atoms with Gasteiger partial charge in [-0.15, -0.1) is 0 Å². The third kappa shape index (κ3) is 7.12. The Labute approximate surface area is 127 Å².